The predicted octanol–water partition coefficient (Wildman–Crippen LogP) is 3.88. The van der Waals surface area contributed by atoms with Crippen molar-refractivity contribution in [1.82, 2.24) is 20.1 Å². The van der Waals surface area contributed by atoms with Gasteiger partial charge in [-0.15, -0.1) is 0 Å². The number of imide groups is 1. The molecule has 10 nitrogen and oxygen atoms in total. The minimum atomic E-state index is -3.48. The molecular weight excluding hydrogens is 551 g/mol. The van der Waals surface area contributed by atoms with Crippen molar-refractivity contribution in [2.24, 2.45) is 5.92 Å². The van der Waals surface area contributed by atoms with Crippen molar-refractivity contribution < 1.29 is 27.9 Å². The Morgan fingerprint density at radius 2 is 1.80 bits per heavy atom. The Hall–Kier alpha value is -4.00. The van der Waals surface area contributed by atoms with E-state index in [1.54, 1.807) is 41.3 Å². The number of aromatic amines is 1. The van der Waals surface area contributed by atoms with Gasteiger partial charge in [0.05, 0.1) is 10.6 Å². The van der Waals surface area contributed by atoms with E-state index in [2.05, 4.69) is 10.3 Å². The summed E-state index contributed by atoms with van der Waals surface area (Å²) in [6.45, 7) is 1.60. The summed E-state index contributed by atoms with van der Waals surface area (Å²) < 4.78 is 35.5. The summed E-state index contributed by atoms with van der Waals surface area (Å²) in [6.07, 6.45) is 3.43. The highest BCUT2D eigenvalue weighted by Crippen LogP contribution is 2.62. The van der Waals surface area contributed by atoms with E-state index in [0.717, 1.165) is 23.3 Å². The summed E-state index contributed by atoms with van der Waals surface area (Å²) in [6, 6.07) is 12.6. The van der Waals surface area contributed by atoms with Crippen LogP contribution in [0.1, 0.15) is 30.9 Å². The summed E-state index contributed by atoms with van der Waals surface area (Å²) in [5, 5.41) is 2.65. The molecule has 3 aliphatic rings. The van der Waals surface area contributed by atoms with Crippen molar-refractivity contribution in [2.45, 2.75) is 42.8 Å². The quantitative estimate of drug-likeness (QED) is 0.313. The van der Waals surface area contributed by atoms with Gasteiger partial charge < -0.3 is 15.2 Å². The number of hydrogen-bond donors (Lipinski definition) is 4. The second-order valence-electron chi connectivity index (χ2n) is 10.9. The number of carbonyl (C=O) groups is 3. The standard InChI is InChI=1S/C29H29FN4O6S/c1-17(19-4-5-19)33(14-18-2-8-22(30)9-3-18)26(36)15-34-27(37)29(32-28(34)38)16-41(39,40)24-12-20(6-10-23(24)29)21-7-11-25(35)31-13-21/h2-3,6-13,17,19,39-40H,4-5,14-16H2,1H3,(H,31,35)(H,32,38)/t17-,29?/m0/s1. The second kappa shape index (κ2) is 9.82. The molecule has 12 heteroatoms. The zero-order valence-electron chi connectivity index (χ0n) is 22.2. The van der Waals surface area contributed by atoms with Crippen LogP contribution in [0.3, 0.4) is 0 Å². The molecule has 0 bridgehead atoms. The van der Waals surface area contributed by atoms with E-state index >= 15 is 0 Å². The number of benzene rings is 2. The van der Waals surface area contributed by atoms with Crippen LogP contribution in [-0.4, -0.2) is 60.1 Å². The fourth-order valence-corrected chi connectivity index (χ4v) is 7.75. The Morgan fingerprint density at radius 1 is 1.10 bits per heavy atom. The van der Waals surface area contributed by atoms with Crippen molar-refractivity contribution in [1.29, 1.82) is 0 Å². The number of nitrogens with one attached hydrogen (secondary N) is 2. The number of carbonyl (C=O) groups excluding carboxylic acids is 3. The Labute approximate surface area is 236 Å². The van der Waals surface area contributed by atoms with E-state index in [1.165, 1.54) is 24.4 Å². The lowest BCUT2D eigenvalue weighted by Gasteiger charge is -2.31. The Bertz CT molecular complexity index is 1600. The average Bonchev–Trinajstić information content (AvgIpc) is 3.73. The topological polar surface area (TPSA) is 143 Å². The number of amides is 4. The first kappa shape index (κ1) is 27.2. The lowest BCUT2D eigenvalue weighted by Crippen LogP contribution is -2.48. The van der Waals surface area contributed by atoms with Crippen molar-refractivity contribution >= 4 is 28.4 Å². The summed E-state index contributed by atoms with van der Waals surface area (Å²) in [4.78, 5) is 57.2. The van der Waals surface area contributed by atoms with Gasteiger partial charge in [0.2, 0.25) is 11.5 Å². The Balaban J connectivity index is 1.27. The zero-order valence-corrected chi connectivity index (χ0v) is 23.0. The molecule has 4 N–H and O–H groups in total. The molecule has 1 aromatic heterocycles. The molecule has 41 heavy (non-hydrogen) atoms. The lowest BCUT2D eigenvalue weighted by molar-refractivity contribution is -0.140. The van der Waals surface area contributed by atoms with Crippen LogP contribution in [-0.2, 0) is 21.7 Å². The van der Waals surface area contributed by atoms with E-state index in [4.69, 9.17) is 0 Å². The van der Waals surface area contributed by atoms with Gasteiger partial charge in [-0.25, -0.2) is 9.18 Å². The average molecular weight is 581 g/mol. The molecule has 4 amide bonds. The van der Waals surface area contributed by atoms with Crippen LogP contribution in [0.4, 0.5) is 9.18 Å². The van der Waals surface area contributed by atoms with Crippen molar-refractivity contribution in [3.8, 4) is 11.1 Å². The largest absolute Gasteiger partial charge is 0.334 e. The highest BCUT2D eigenvalue weighted by molar-refractivity contribution is 8.24. The zero-order chi connectivity index (χ0) is 29.1. The Morgan fingerprint density at radius 3 is 2.46 bits per heavy atom. The van der Waals surface area contributed by atoms with Crippen molar-refractivity contribution in [2.75, 3.05) is 12.3 Å². The van der Waals surface area contributed by atoms with Gasteiger partial charge in [0.25, 0.3) is 5.91 Å². The van der Waals surface area contributed by atoms with Crippen molar-refractivity contribution in [3.63, 3.8) is 0 Å². The van der Waals surface area contributed by atoms with Crippen molar-refractivity contribution in [3.05, 3.63) is 88.1 Å². The first-order chi connectivity index (χ1) is 19.5. The molecule has 3 aromatic rings. The molecule has 214 valence electrons. The molecule has 2 atom stereocenters. The maximum absolute atomic E-state index is 13.8. The summed E-state index contributed by atoms with van der Waals surface area (Å²) >= 11 is 0. The smallest absolute Gasteiger partial charge is 0.325 e. The van der Waals surface area contributed by atoms with Gasteiger partial charge in [0.1, 0.15) is 12.4 Å². The van der Waals surface area contributed by atoms with Gasteiger partial charge in [-0.1, -0.05) is 24.3 Å². The number of rotatable bonds is 7. The van der Waals surface area contributed by atoms with E-state index in [9.17, 15) is 32.7 Å². The molecule has 6 rings (SSSR count). The fourth-order valence-electron chi connectivity index (χ4n) is 5.73. The van der Waals surface area contributed by atoms with E-state index in [-0.39, 0.29) is 34.4 Å². The molecule has 2 aromatic carbocycles. The molecule has 1 unspecified atom stereocenters. The first-order valence-electron chi connectivity index (χ1n) is 13.3. The van der Waals surface area contributed by atoms with E-state index in [1.807, 2.05) is 6.92 Å². The number of fused-ring (bicyclic) bond motifs is 2. The third-order valence-electron chi connectivity index (χ3n) is 8.18. The van der Waals surface area contributed by atoms with Crippen LogP contribution in [0.2, 0.25) is 0 Å². The number of nitrogens with zero attached hydrogens (tertiary/aromatic N) is 2. The van der Waals surface area contributed by atoms with Crippen LogP contribution in [0.25, 0.3) is 11.1 Å². The number of urea groups is 1. The number of H-pyrrole nitrogens is 1. The Kier molecular flexibility index (Phi) is 6.51. The third-order valence-corrected chi connectivity index (χ3v) is 10.1. The van der Waals surface area contributed by atoms with Gasteiger partial charge >= 0.3 is 6.03 Å². The minimum absolute atomic E-state index is 0.128. The number of halogens is 1. The molecule has 3 heterocycles. The fraction of sp³-hybridized carbons (Fsp3) is 0.310. The molecule has 1 spiro atoms. The molecule has 1 saturated carbocycles. The van der Waals surface area contributed by atoms with Gasteiger partial charge in [-0.2, -0.15) is 10.6 Å². The monoisotopic (exact) mass is 580 g/mol. The van der Waals surface area contributed by atoms with E-state index < -0.39 is 46.3 Å². The molecular formula is C29H29FN4O6S. The van der Waals surface area contributed by atoms with Crippen LogP contribution < -0.4 is 10.9 Å². The lowest BCUT2D eigenvalue weighted by atomic mass is 9.90. The molecule has 2 aliphatic heterocycles. The highest BCUT2D eigenvalue weighted by atomic mass is 32.3. The minimum Gasteiger partial charge on any atom is -0.334 e. The van der Waals surface area contributed by atoms with Gasteiger partial charge in [0, 0.05) is 30.4 Å². The third kappa shape index (κ3) is 4.81. The SMILES string of the molecule is C[C@@H](C1CC1)N(Cc1ccc(F)cc1)C(=O)CN1C(=O)NC2(CS(O)(O)c3cc(-c4ccc(=O)[nH]c4)ccc32)C1=O. The van der Waals surface area contributed by atoms with Crippen LogP contribution >= 0.6 is 10.6 Å². The van der Waals surface area contributed by atoms with Gasteiger partial charge in [-0.3, -0.25) is 28.4 Å². The van der Waals surface area contributed by atoms with Crippen LogP contribution in [0, 0.1) is 11.7 Å². The summed E-state index contributed by atoms with van der Waals surface area (Å²) in [5.74, 6) is -1.70. The van der Waals surface area contributed by atoms with Gasteiger partial charge in [0.15, 0.2) is 5.54 Å². The molecule has 0 radical (unpaired) electrons. The maximum Gasteiger partial charge on any atom is 0.325 e. The maximum atomic E-state index is 13.8. The highest BCUT2D eigenvalue weighted by Gasteiger charge is 2.60. The van der Waals surface area contributed by atoms with E-state index in [0.29, 0.717) is 17.0 Å². The normalized spacial score (nSPS) is 22.4. The molecule has 1 saturated heterocycles. The predicted molar refractivity (Wildman–Crippen MR) is 150 cm³/mol. The molecule has 2 fully saturated rings. The second-order valence-corrected chi connectivity index (χ2v) is 13.0. The summed E-state index contributed by atoms with van der Waals surface area (Å²) in [7, 11) is -3.48. The molecule has 1 aliphatic carbocycles. The number of hydrogen-bond acceptors (Lipinski definition) is 6. The first-order valence-corrected chi connectivity index (χ1v) is 15.0. The van der Waals surface area contributed by atoms with Crippen LogP contribution in [0.15, 0.2) is 70.5 Å². The summed E-state index contributed by atoms with van der Waals surface area (Å²) in [5.41, 5.74) is 0.190. The van der Waals surface area contributed by atoms with Crippen LogP contribution in [0.5, 0.6) is 0 Å². The van der Waals surface area contributed by atoms with Gasteiger partial charge in [-0.05, 0) is 66.6 Å². The number of aromatic nitrogens is 1. The number of pyridine rings is 1.